The average molecular weight is 526 g/mol. The number of piperazine rings is 1. The largest absolute Gasteiger partial charge is 0.368 e. The van der Waals surface area contributed by atoms with E-state index in [0.29, 0.717) is 38.9 Å². The van der Waals surface area contributed by atoms with Crippen LogP contribution >= 0.6 is 11.6 Å². The van der Waals surface area contributed by atoms with E-state index in [1.165, 1.54) is 5.56 Å². The molecule has 0 spiro atoms. The quantitative estimate of drug-likeness (QED) is 0.448. The predicted octanol–water partition coefficient (Wildman–Crippen LogP) is 4.45. The fourth-order valence-electron chi connectivity index (χ4n) is 4.42. The third-order valence-corrected chi connectivity index (χ3v) is 8.27. The fourth-order valence-corrected chi connectivity index (χ4v) is 5.62. The van der Waals surface area contributed by atoms with Crippen molar-refractivity contribution in [2.75, 3.05) is 37.6 Å². The molecule has 1 heterocycles. The Balaban J connectivity index is 1.23. The number of sulfonamides is 1. The number of anilines is 1. The summed E-state index contributed by atoms with van der Waals surface area (Å²) in [6, 6.07) is 22.5. The number of carbonyl (C=O) groups is 1. The highest BCUT2D eigenvalue weighted by Crippen LogP contribution is 2.25. The molecular weight excluding hydrogens is 494 g/mol. The summed E-state index contributed by atoms with van der Waals surface area (Å²) in [7, 11) is -3.57. The van der Waals surface area contributed by atoms with Crippen molar-refractivity contribution in [3.05, 3.63) is 94.5 Å². The van der Waals surface area contributed by atoms with Gasteiger partial charge in [0.2, 0.25) is 15.9 Å². The lowest BCUT2D eigenvalue weighted by atomic mass is 10.1. The fraction of sp³-hybridized carbons (Fsp3) is 0.321. The van der Waals surface area contributed by atoms with Gasteiger partial charge in [-0.25, -0.2) is 13.1 Å². The Morgan fingerprint density at radius 3 is 2.25 bits per heavy atom. The molecule has 4 rings (SSSR count). The number of amides is 1. The molecule has 1 saturated heterocycles. The van der Waals surface area contributed by atoms with E-state index >= 15 is 0 Å². The molecule has 1 amide bonds. The number of nitrogens with one attached hydrogen (secondary N) is 1. The molecule has 0 bridgehead atoms. The van der Waals surface area contributed by atoms with Gasteiger partial charge in [-0.3, -0.25) is 4.79 Å². The molecule has 1 fully saturated rings. The average Bonchev–Trinajstić information content (AvgIpc) is 2.89. The van der Waals surface area contributed by atoms with Crippen LogP contribution in [0.15, 0.2) is 77.7 Å². The Labute approximate surface area is 218 Å². The maximum absolute atomic E-state index is 12.8. The molecule has 1 aliphatic rings. The summed E-state index contributed by atoms with van der Waals surface area (Å²) in [5.41, 5.74) is 4.33. The van der Waals surface area contributed by atoms with Gasteiger partial charge in [0.25, 0.3) is 0 Å². The van der Waals surface area contributed by atoms with Crippen molar-refractivity contribution in [3.63, 3.8) is 0 Å². The molecule has 36 heavy (non-hydrogen) atoms. The van der Waals surface area contributed by atoms with Crippen molar-refractivity contribution >= 4 is 33.2 Å². The van der Waals surface area contributed by atoms with Gasteiger partial charge in [0.05, 0.1) is 4.90 Å². The zero-order valence-corrected chi connectivity index (χ0v) is 22.1. The van der Waals surface area contributed by atoms with E-state index in [4.69, 9.17) is 11.6 Å². The minimum atomic E-state index is -3.57. The van der Waals surface area contributed by atoms with Crippen LogP contribution in [0.1, 0.15) is 23.1 Å². The maximum Gasteiger partial charge on any atom is 0.240 e. The highest BCUT2D eigenvalue weighted by atomic mass is 35.5. The van der Waals surface area contributed by atoms with Crippen LogP contribution in [0.25, 0.3) is 0 Å². The zero-order valence-electron chi connectivity index (χ0n) is 20.5. The SMILES string of the molecule is Cc1ccc(Cl)cc1N1CCN(C(=O)CCc2ccc(S(=O)(=O)NCCc3ccccc3)cc2)CC1. The second-order valence-corrected chi connectivity index (χ2v) is 11.3. The van der Waals surface area contributed by atoms with Crippen molar-refractivity contribution in [2.24, 2.45) is 0 Å². The van der Waals surface area contributed by atoms with Gasteiger partial charge in [-0.05, 0) is 60.7 Å². The van der Waals surface area contributed by atoms with Gasteiger partial charge in [-0.15, -0.1) is 0 Å². The highest BCUT2D eigenvalue weighted by Gasteiger charge is 2.22. The third kappa shape index (κ3) is 6.87. The van der Waals surface area contributed by atoms with Gasteiger partial charge >= 0.3 is 0 Å². The molecule has 6 nitrogen and oxygen atoms in total. The molecule has 8 heteroatoms. The number of hydrogen-bond donors (Lipinski definition) is 1. The lowest BCUT2D eigenvalue weighted by Crippen LogP contribution is -2.49. The molecule has 0 aliphatic carbocycles. The summed E-state index contributed by atoms with van der Waals surface area (Å²) in [5.74, 6) is 0.122. The monoisotopic (exact) mass is 525 g/mol. The van der Waals surface area contributed by atoms with Gasteiger partial charge in [0.1, 0.15) is 0 Å². The zero-order chi connectivity index (χ0) is 25.5. The van der Waals surface area contributed by atoms with E-state index in [9.17, 15) is 13.2 Å². The van der Waals surface area contributed by atoms with Crippen molar-refractivity contribution in [3.8, 4) is 0 Å². The van der Waals surface area contributed by atoms with Gasteiger partial charge in [0, 0.05) is 49.9 Å². The Hall–Kier alpha value is -2.87. The topological polar surface area (TPSA) is 69.7 Å². The van der Waals surface area contributed by atoms with Gasteiger partial charge in [0.15, 0.2) is 0 Å². The Morgan fingerprint density at radius 2 is 1.56 bits per heavy atom. The number of aryl methyl sites for hydroxylation is 2. The third-order valence-electron chi connectivity index (χ3n) is 6.55. The van der Waals surface area contributed by atoms with Crippen LogP contribution in [0.2, 0.25) is 5.02 Å². The van der Waals surface area contributed by atoms with Crippen molar-refractivity contribution in [1.29, 1.82) is 0 Å². The number of carbonyl (C=O) groups excluding carboxylic acids is 1. The minimum Gasteiger partial charge on any atom is -0.368 e. The second-order valence-electron chi connectivity index (χ2n) is 9.08. The molecule has 0 aromatic heterocycles. The van der Waals surface area contributed by atoms with Crippen LogP contribution in [0.3, 0.4) is 0 Å². The summed E-state index contributed by atoms with van der Waals surface area (Å²) in [6.07, 6.45) is 1.61. The molecule has 1 aliphatic heterocycles. The molecule has 1 N–H and O–H groups in total. The van der Waals surface area contributed by atoms with Crippen molar-refractivity contribution in [2.45, 2.75) is 31.1 Å². The van der Waals surface area contributed by atoms with Gasteiger partial charge in [-0.2, -0.15) is 0 Å². The van der Waals surface area contributed by atoms with E-state index in [0.717, 1.165) is 34.9 Å². The van der Waals surface area contributed by atoms with Crippen LogP contribution in [0, 0.1) is 6.92 Å². The van der Waals surface area contributed by atoms with E-state index in [2.05, 4.69) is 16.5 Å². The highest BCUT2D eigenvalue weighted by molar-refractivity contribution is 7.89. The normalized spacial score (nSPS) is 14.2. The first-order valence-corrected chi connectivity index (χ1v) is 14.1. The number of hydrogen-bond acceptors (Lipinski definition) is 4. The van der Waals surface area contributed by atoms with Gasteiger partial charge < -0.3 is 9.80 Å². The molecule has 3 aromatic carbocycles. The second kappa shape index (κ2) is 11.9. The molecule has 190 valence electrons. The molecule has 0 unspecified atom stereocenters. The van der Waals surface area contributed by atoms with E-state index in [1.54, 1.807) is 24.3 Å². The first kappa shape index (κ1) is 26.2. The predicted molar refractivity (Wildman–Crippen MR) is 145 cm³/mol. The van der Waals surface area contributed by atoms with Crippen LogP contribution in [0.5, 0.6) is 0 Å². The van der Waals surface area contributed by atoms with Crippen molar-refractivity contribution < 1.29 is 13.2 Å². The number of nitrogens with zero attached hydrogens (tertiary/aromatic N) is 2. The van der Waals surface area contributed by atoms with Gasteiger partial charge in [-0.1, -0.05) is 60.1 Å². The maximum atomic E-state index is 12.8. The van der Waals surface area contributed by atoms with Crippen LogP contribution in [-0.2, 0) is 27.7 Å². The van der Waals surface area contributed by atoms with E-state index < -0.39 is 10.0 Å². The van der Waals surface area contributed by atoms with Crippen LogP contribution in [-0.4, -0.2) is 51.9 Å². The number of benzene rings is 3. The summed E-state index contributed by atoms with van der Waals surface area (Å²) < 4.78 is 27.8. The van der Waals surface area contributed by atoms with E-state index in [1.807, 2.05) is 53.4 Å². The van der Waals surface area contributed by atoms with E-state index in [-0.39, 0.29) is 10.8 Å². The van der Waals surface area contributed by atoms with Crippen LogP contribution in [0.4, 0.5) is 5.69 Å². The smallest absolute Gasteiger partial charge is 0.240 e. The molecular formula is C28H32ClN3O3S. The minimum absolute atomic E-state index is 0.122. The first-order chi connectivity index (χ1) is 17.3. The Bertz CT molecular complexity index is 1270. The summed E-state index contributed by atoms with van der Waals surface area (Å²) in [6.45, 7) is 5.31. The summed E-state index contributed by atoms with van der Waals surface area (Å²) >= 11 is 6.17. The lowest BCUT2D eigenvalue weighted by Gasteiger charge is -2.37. The van der Waals surface area contributed by atoms with Crippen LogP contribution < -0.4 is 9.62 Å². The molecule has 3 aromatic rings. The van der Waals surface area contributed by atoms with Crippen molar-refractivity contribution in [1.82, 2.24) is 9.62 Å². The molecule has 0 saturated carbocycles. The first-order valence-electron chi connectivity index (χ1n) is 12.2. The summed E-state index contributed by atoms with van der Waals surface area (Å²) in [5, 5.41) is 0.718. The lowest BCUT2D eigenvalue weighted by molar-refractivity contribution is -0.131. The number of halogens is 1. The Kier molecular flexibility index (Phi) is 8.67. The summed E-state index contributed by atoms with van der Waals surface area (Å²) in [4.78, 5) is 17.2. The number of rotatable bonds is 9. The Morgan fingerprint density at radius 1 is 0.889 bits per heavy atom. The standard InChI is InChI=1S/C28H32ClN3O3S/c1-22-7-11-25(29)21-27(22)31-17-19-32(20-18-31)28(33)14-10-24-8-12-26(13-9-24)36(34,35)30-16-15-23-5-3-2-4-6-23/h2-9,11-13,21,30H,10,14-20H2,1H3. The molecule has 0 radical (unpaired) electrons. The molecule has 0 atom stereocenters.